The van der Waals surface area contributed by atoms with Gasteiger partial charge in [0.15, 0.2) is 0 Å². The van der Waals surface area contributed by atoms with Crippen LogP contribution in [0.15, 0.2) is 41.2 Å². The molecule has 2 fully saturated rings. The molecule has 0 bridgehead atoms. The van der Waals surface area contributed by atoms with Crippen LogP contribution in [-0.2, 0) is 15.8 Å². The van der Waals surface area contributed by atoms with Gasteiger partial charge in [0.05, 0.1) is 23.9 Å². The second-order valence-electron chi connectivity index (χ2n) is 8.06. The van der Waals surface area contributed by atoms with Gasteiger partial charge < -0.3 is 24.9 Å². The fraction of sp³-hybridized carbons (Fsp3) is 0.409. The molecular weight excluding hydrogens is 441 g/mol. The van der Waals surface area contributed by atoms with Crippen LogP contribution in [0.25, 0.3) is 0 Å². The first kappa shape index (κ1) is 22.7. The SMILES string of the molecule is O=C(Nc1ccc(NCC(=O)N2CCN(C(=O)C3CC3)CC2)c(C(F)(F)F)c1)c1ccoc1. The maximum Gasteiger partial charge on any atom is 0.418 e. The number of amides is 3. The Bertz CT molecular complexity index is 1030. The van der Waals surface area contributed by atoms with Crippen LogP contribution in [0.3, 0.4) is 0 Å². The Morgan fingerprint density at radius 1 is 1.03 bits per heavy atom. The summed E-state index contributed by atoms with van der Waals surface area (Å²) in [6.45, 7) is 1.24. The molecule has 2 aromatic rings. The average Bonchev–Trinajstić information content (AvgIpc) is 3.50. The number of halogens is 3. The molecule has 11 heteroatoms. The third-order valence-corrected chi connectivity index (χ3v) is 5.67. The summed E-state index contributed by atoms with van der Waals surface area (Å²) in [4.78, 5) is 40.0. The summed E-state index contributed by atoms with van der Waals surface area (Å²) in [5, 5.41) is 4.96. The van der Waals surface area contributed by atoms with Crippen LogP contribution in [0.2, 0.25) is 0 Å². The van der Waals surface area contributed by atoms with Gasteiger partial charge in [-0.15, -0.1) is 0 Å². The Hall–Kier alpha value is -3.50. The predicted molar refractivity (Wildman–Crippen MR) is 112 cm³/mol. The highest BCUT2D eigenvalue weighted by molar-refractivity contribution is 6.04. The quantitative estimate of drug-likeness (QED) is 0.685. The van der Waals surface area contributed by atoms with Gasteiger partial charge in [0.25, 0.3) is 5.91 Å². The first-order chi connectivity index (χ1) is 15.7. The van der Waals surface area contributed by atoms with E-state index >= 15 is 0 Å². The number of nitrogens with zero attached hydrogens (tertiary/aromatic N) is 2. The molecular formula is C22H23F3N4O4. The van der Waals surface area contributed by atoms with E-state index in [2.05, 4.69) is 10.6 Å². The highest BCUT2D eigenvalue weighted by Crippen LogP contribution is 2.36. The molecule has 4 rings (SSSR count). The van der Waals surface area contributed by atoms with Crippen molar-refractivity contribution in [2.45, 2.75) is 19.0 Å². The number of nitrogens with one attached hydrogen (secondary N) is 2. The molecule has 3 amide bonds. The third-order valence-electron chi connectivity index (χ3n) is 5.67. The van der Waals surface area contributed by atoms with E-state index in [-0.39, 0.29) is 41.2 Å². The van der Waals surface area contributed by atoms with Gasteiger partial charge in [-0.3, -0.25) is 14.4 Å². The van der Waals surface area contributed by atoms with E-state index in [0.29, 0.717) is 26.2 Å². The largest absolute Gasteiger partial charge is 0.472 e. The monoisotopic (exact) mass is 464 g/mol. The van der Waals surface area contributed by atoms with Crippen LogP contribution >= 0.6 is 0 Å². The van der Waals surface area contributed by atoms with Gasteiger partial charge >= 0.3 is 6.18 Å². The molecule has 33 heavy (non-hydrogen) atoms. The second-order valence-corrected chi connectivity index (χ2v) is 8.06. The van der Waals surface area contributed by atoms with E-state index in [1.807, 2.05) is 0 Å². The van der Waals surface area contributed by atoms with Gasteiger partial charge in [-0.1, -0.05) is 0 Å². The number of anilines is 2. The zero-order valence-electron chi connectivity index (χ0n) is 17.7. The Kier molecular flexibility index (Phi) is 6.30. The summed E-state index contributed by atoms with van der Waals surface area (Å²) in [5.74, 6) is -0.719. The zero-order valence-corrected chi connectivity index (χ0v) is 17.7. The normalized spacial score (nSPS) is 16.5. The highest BCUT2D eigenvalue weighted by atomic mass is 19.4. The minimum atomic E-state index is -4.70. The molecule has 2 N–H and O–H groups in total. The number of hydrogen-bond acceptors (Lipinski definition) is 5. The van der Waals surface area contributed by atoms with E-state index in [4.69, 9.17) is 4.42 Å². The summed E-state index contributed by atoms with van der Waals surface area (Å²) in [5.41, 5.74) is -1.13. The topological polar surface area (TPSA) is 94.9 Å². The van der Waals surface area contributed by atoms with E-state index in [1.54, 1.807) is 4.90 Å². The van der Waals surface area contributed by atoms with Gasteiger partial charge in [0.2, 0.25) is 11.8 Å². The van der Waals surface area contributed by atoms with Crippen molar-refractivity contribution < 1.29 is 32.0 Å². The lowest BCUT2D eigenvalue weighted by Gasteiger charge is -2.35. The standard InChI is InChI=1S/C22H23F3N4O4/c23-22(24,25)17-11-16(27-20(31)15-5-10-33-13-15)3-4-18(17)26-12-19(30)28-6-8-29(9-7-28)21(32)14-1-2-14/h3-5,10-11,13-14,26H,1-2,6-9,12H2,(H,27,31). The van der Waals surface area contributed by atoms with E-state index < -0.39 is 17.6 Å². The van der Waals surface area contributed by atoms with E-state index in [9.17, 15) is 27.6 Å². The van der Waals surface area contributed by atoms with E-state index in [0.717, 1.165) is 18.9 Å². The molecule has 1 saturated carbocycles. The van der Waals surface area contributed by atoms with Gasteiger partial charge in [0, 0.05) is 43.5 Å². The number of furan rings is 1. The fourth-order valence-corrected chi connectivity index (χ4v) is 3.65. The number of piperazine rings is 1. The molecule has 1 saturated heterocycles. The van der Waals surface area contributed by atoms with Crippen LogP contribution in [0.4, 0.5) is 24.5 Å². The summed E-state index contributed by atoms with van der Waals surface area (Å²) in [7, 11) is 0. The van der Waals surface area contributed by atoms with Crippen molar-refractivity contribution in [1.29, 1.82) is 0 Å². The van der Waals surface area contributed by atoms with Gasteiger partial charge in [0.1, 0.15) is 6.26 Å². The first-order valence-corrected chi connectivity index (χ1v) is 10.6. The molecule has 1 aromatic heterocycles. The molecule has 0 radical (unpaired) electrons. The summed E-state index contributed by atoms with van der Waals surface area (Å²) < 4.78 is 45.6. The molecule has 2 heterocycles. The minimum absolute atomic E-state index is 0.0400. The smallest absolute Gasteiger partial charge is 0.418 e. The lowest BCUT2D eigenvalue weighted by molar-refractivity contribution is -0.139. The van der Waals surface area contributed by atoms with E-state index in [1.165, 1.54) is 35.6 Å². The average molecular weight is 464 g/mol. The Balaban J connectivity index is 1.36. The summed E-state index contributed by atoms with van der Waals surface area (Å²) >= 11 is 0. The zero-order chi connectivity index (χ0) is 23.6. The number of benzene rings is 1. The number of hydrogen-bond donors (Lipinski definition) is 2. The molecule has 1 aliphatic carbocycles. The van der Waals surface area contributed by atoms with Crippen LogP contribution in [0, 0.1) is 5.92 Å². The lowest BCUT2D eigenvalue weighted by atomic mass is 10.1. The molecule has 0 atom stereocenters. The Morgan fingerprint density at radius 2 is 1.73 bits per heavy atom. The number of alkyl halides is 3. The van der Waals surface area contributed by atoms with Crippen molar-refractivity contribution in [3.8, 4) is 0 Å². The molecule has 1 aromatic carbocycles. The maximum atomic E-state index is 13.6. The first-order valence-electron chi connectivity index (χ1n) is 10.6. The Labute approximate surface area is 187 Å². The van der Waals surface area contributed by atoms with Crippen molar-refractivity contribution in [2.75, 3.05) is 43.4 Å². The molecule has 8 nitrogen and oxygen atoms in total. The van der Waals surface area contributed by atoms with Crippen molar-refractivity contribution in [2.24, 2.45) is 5.92 Å². The molecule has 1 aliphatic heterocycles. The van der Waals surface area contributed by atoms with Crippen LogP contribution in [0.1, 0.15) is 28.8 Å². The number of rotatable bonds is 6. The lowest BCUT2D eigenvalue weighted by Crippen LogP contribution is -2.52. The van der Waals surface area contributed by atoms with Crippen molar-refractivity contribution in [1.82, 2.24) is 9.80 Å². The van der Waals surface area contributed by atoms with Crippen LogP contribution in [0.5, 0.6) is 0 Å². The molecule has 2 aliphatic rings. The van der Waals surface area contributed by atoms with Crippen LogP contribution < -0.4 is 10.6 Å². The number of carbonyl (C=O) groups is 3. The van der Waals surface area contributed by atoms with Gasteiger partial charge in [-0.05, 0) is 37.1 Å². The van der Waals surface area contributed by atoms with Gasteiger partial charge in [-0.25, -0.2) is 0 Å². The molecule has 0 spiro atoms. The van der Waals surface area contributed by atoms with Crippen LogP contribution in [-0.4, -0.2) is 60.2 Å². The maximum absolute atomic E-state index is 13.6. The molecule has 176 valence electrons. The number of carbonyl (C=O) groups excluding carboxylic acids is 3. The second kappa shape index (κ2) is 9.16. The van der Waals surface area contributed by atoms with Crippen molar-refractivity contribution in [3.05, 3.63) is 47.9 Å². The minimum Gasteiger partial charge on any atom is -0.472 e. The fourth-order valence-electron chi connectivity index (χ4n) is 3.65. The summed E-state index contributed by atoms with van der Waals surface area (Å²) in [6.07, 6.45) is -0.408. The van der Waals surface area contributed by atoms with Crippen molar-refractivity contribution >= 4 is 29.1 Å². The molecule has 0 unspecified atom stereocenters. The summed E-state index contributed by atoms with van der Waals surface area (Å²) in [6, 6.07) is 4.70. The highest BCUT2D eigenvalue weighted by Gasteiger charge is 2.36. The Morgan fingerprint density at radius 3 is 2.33 bits per heavy atom. The van der Waals surface area contributed by atoms with Gasteiger partial charge in [-0.2, -0.15) is 13.2 Å². The third kappa shape index (κ3) is 5.47. The predicted octanol–water partition coefficient (Wildman–Crippen LogP) is 3.04. The van der Waals surface area contributed by atoms with Crippen molar-refractivity contribution in [3.63, 3.8) is 0 Å².